The monoisotopic (exact) mass is 302 g/mol. The summed E-state index contributed by atoms with van der Waals surface area (Å²) in [4.78, 5) is 11.3. The van der Waals surface area contributed by atoms with Gasteiger partial charge in [0.05, 0.1) is 19.5 Å². The zero-order valence-electron chi connectivity index (χ0n) is 12.9. The normalized spacial score (nSPS) is 14.1. The first-order valence-electron chi connectivity index (χ1n) is 6.80. The fourth-order valence-corrected chi connectivity index (χ4v) is 3.00. The van der Waals surface area contributed by atoms with Gasteiger partial charge in [-0.05, 0) is 39.5 Å². The Balaban J connectivity index is 4.24. The number of nitrogens with zero attached hydrogens (tertiary/aromatic N) is 1. The predicted octanol–water partition coefficient (Wildman–Crippen LogP) is 2.68. The summed E-state index contributed by atoms with van der Waals surface area (Å²) in [5.74, 6) is -0.627. The van der Waals surface area contributed by atoms with Gasteiger partial charge in [0, 0.05) is 7.05 Å². The van der Waals surface area contributed by atoms with Crippen molar-refractivity contribution in [3.63, 3.8) is 0 Å². The van der Waals surface area contributed by atoms with Crippen LogP contribution in [0.2, 0.25) is 0 Å². The Morgan fingerprint density at radius 3 is 2.55 bits per heavy atom. The van der Waals surface area contributed by atoms with Crippen molar-refractivity contribution in [1.29, 1.82) is 0 Å². The molecule has 0 spiro atoms. The first kappa shape index (κ1) is 19.1. The summed E-state index contributed by atoms with van der Waals surface area (Å²) in [5.41, 5.74) is 0. The number of nitrogens with one attached hydrogen (secondary N) is 1. The van der Waals surface area contributed by atoms with Crippen molar-refractivity contribution in [1.82, 2.24) is 10.4 Å². The molecule has 0 saturated heterocycles. The van der Waals surface area contributed by atoms with Crippen molar-refractivity contribution in [2.45, 2.75) is 32.0 Å². The molecule has 6 heteroatoms. The maximum atomic E-state index is 12.2. The van der Waals surface area contributed by atoms with Gasteiger partial charge in [-0.3, -0.25) is 15.3 Å². The van der Waals surface area contributed by atoms with Crippen molar-refractivity contribution in [2.24, 2.45) is 0 Å². The van der Waals surface area contributed by atoms with Gasteiger partial charge >= 0.3 is 0 Å². The number of hydrogen-bond donors (Lipinski definition) is 2. The first-order valence-corrected chi connectivity index (χ1v) is 9.47. The smallest absolute Gasteiger partial charge is 0.259 e. The Morgan fingerprint density at radius 1 is 1.40 bits per heavy atom. The fourth-order valence-electron chi connectivity index (χ4n) is 1.67. The van der Waals surface area contributed by atoms with Crippen LogP contribution >= 0.6 is 7.14 Å². The average Bonchev–Trinajstić information content (AvgIpc) is 2.34. The van der Waals surface area contributed by atoms with E-state index in [1.807, 2.05) is 25.2 Å². The molecule has 0 aliphatic rings. The molecule has 0 aliphatic carbocycles. The number of rotatable bonds is 9. The number of amides is 1. The number of hydroxylamine groups is 2. The highest BCUT2D eigenvalue weighted by Gasteiger charge is 2.23. The predicted molar refractivity (Wildman–Crippen MR) is 83.6 cm³/mol. The number of carbonyl (C=O) groups is 1. The third-order valence-electron chi connectivity index (χ3n) is 2.89. The summed E-state index contributed by atoms with van der Waals surface area (Å²) < 4.78 is 12.2. The third-order valence-corrected chi connectivity index (χ3v) is 4.83. The van der Waals surface area contributed by atoms with Crippen LogP contribution in [0.5, 0.6) is 0 Å². The minimum Gasteiger partial charge on any atom is -0.323 e. The van der Waals surface area contributed by atoms with Crippen molar-refractivity contribution < 1.29 is 14.6 Å². The van der Waals surface area contributed by atoms with Gasteiger partial charge in [-0.1, -0.05) is 24.3 Å². The van der Waals surface area contributed by atoms with E-state index in [-0.39, 0.29) is 12.3 Å². The summed E-state index contributed by atoms with van der Waals surface area (Å²) in [6.07, 6.45) is 10.5. The van der Waals surface area contributed by atoms with Crippen LogP contribution in [0.25, 0.3) is 0 Å². The van der Waals surface area contributed by atoms with Crippen molar-refractivity contribution in [3.8, 4) is 0 Å². The summed E-state index contributed by atoms with van der Waals surface area (Å²) in [7, 11) is -1.04. The van der Waals surface area contributed by atoms with E-state index in [4.69, 9.17) is 5.21 Å². The Hall–Kier alpha value is -0.900. The SMILES string of the molecule is C/C=C\C=C/CCCC(NCC(=O)N(C)O)P(C)(C)=O. The topological polar surface area (TPSA) is 69.6 Å². The zero-order chi connectivity index (χ0) is 15.6. The highest BCUT2D eigenvalue weighted by atomic mass is 31.2. The summed E-state index contributed by atoms with van der Waals surface area (Å²) in [6.45, 7) is 5.39. The molecule has 1 unspecified atom stereocenters. The van der Waals surface area contributed by atoms with Crippen LogP contribution in [0.4, 0.5) is 0 Å². The Kier molecular flexibility index (Phi) is 9.47. The van der Waals surface area contributed by atoms with E-state index in [1.165, 1.54) is 7.05 Å². The van der Waals surface area contributed by atoms with Crippen molar-refractivity contribution in [3.05, 3.63) is 24.3 Å². The van der Waals surface area contributed by atoms with E-state index in [0.717, 1.165) is 19.3 Å². The minimum atomic E-state index is -2.33. The average molecular weight is 302 g/mol. The van der Waals surface area contributed by atoms with Crippen LogP contribution in [0.1, 0.15) is 26.2 Å². The molecule has 0 rings (SSSR count). The number of carbonyl (C=O) groups excluding carboxylic acids is 1. The lowest BCUT2D eigenvalue weighted by molar-refractivity contribution is -0.158. The van der Waals surface area contributed by atoms with Gasteiger partial charge in [0.1, 0.15) is 0 Å². The largest absolute Gasteiger partial charge is 0.323 e. The van der Waals surface area contributed by atoms with Crippen molar-refractivity contribution >= 4 is 13.0 Å². The van der Waals surface area contributed by atoms with E-state index < -0.39 is 13.0 Å². The maximum absolute atomic E-state index is 12.2. The highest BCUT2D eigenvalue weighted by Crippen LogP contribution is 2.43. The fraction of sp³-hybridized carbons (Fsp3) is 0.643. The molecule has 0 aromatic heterocycles. The van der Waals surface area contributed by atoms with E-state index in [0.29, 0.717) is 5.06 Å². The molecule has 2 N–H and O–H groups in total. The van der Waals surface area contributed by atoms with Gasteiger partial charge in [-0.25, -0.2) is 5.06 Å². The van der Waals surface area contributed by atoms with Crippen LogP contribution in [-0.2, 0) is 9.36 Å². The zero-order valence-corrected chi connectivity index (χ0v) is 13.8. The molecule has 116 valence electrons. The summed E-state index contributed by atoms with van der Waals surface area (Å²) >= 11 is 0. The number of likely N-dealkylation sites (N-methyl/N-ethyl adjacent to an activating group) is 1. The van der Waals surface area contributed by atoms with Gasteiger partial charge in [0.25, 0.3) is 5.91 Å². The van der Waals surface area contributed by atoms with Crippen molar-refractivity contribution in [2.75, 3.05) is 26.9 Å². The van der Waals surface area contributed by atoms with Crippen LogP contribution in [0.3, 0.4) is 0 Å². The molecular weight excluding hydrogens is 275 g/mol. The molecule has 0 fully saturated rings. The van der Waals surface area contributed by atoms with Gasteiger partial charge in [0.15, 0.2) is 0 Å². The Bertz CT molecular complexity index is 386. The molecule has 0 heterocycles. The lowest BCUT2D eigenvalue weighted by Gasteiger charge is -2.23. The lowest BCUT2D eigenvalue weighted by Crippen LogP contribution is -2.38. The second kappa shape index (κ2) is 9.92. The highest BCUT2D eigenvalue weighted by molar-refractivity contribution is 7.63. The minimum absolute atomic E-state index is 0.00223. The second-order valence-corrected chi connectivity index (χ2v) is 8.62. The Labute approximate surface area is 122 Å². The summed E-state index contributed by atoms with van der Waals surface area (Å²) in [6, 6.07) is 0. The van der Waals surface area contributed by atoms with Crippen LogP contribution in [0, 0.1) is 0 Å². The van der Waals surface area contributed by atoms with E-state index >= 15 is 0 Å². The maximum Gasteiger partial charge on any atom is 0.259 e. The number of allylic oxidation sites excluding steroid dienone is 4. The molecule has 1 atom stereocenters. The van der Waals surface area contributed by atoms with Crippen LogP contribution < -0.4 is 5.32 Å². The van der Waals surface area contributed by atoms with E-state index in [1.54, 1.807) is 13.3 Å². The van der Waals surface area contributed by atoms with Crippen LogP contribution in [-0.4, -0.2) is 48.9 Å². The molecule has 0 aromatic carbocycles. The molecule has 5 nitrogen and oxygen atoms in total. The standard InChI is InChI=1S/C14H27N2O3P/c1-5-6-7-8-9-10-11-13(20(3,4)19)15-12-14(17)16(2)18/h5-8,13,15,18H,9-12H2,1-4H3/b6-5-,8-7-. The molecule has 20 heavy (non-hydrogen) atoms. The quantitative estimate of drug-likeness (QED) is 0.226. The molecule has 1 amide bonds. The van der Waals surface area contributed by atoms with Crippen LogP contribution in [0.15, 0.2) is 24.3 Å². The number of hydrogen-bond acceptors (Lipinski definition) is 4. The molecule has 0 saturated carbocycles. The van der Waals surface area contributed by atoms with Gasteiger partial charge < -0.3 is 4.57 Å². The lowest BCUT2D eigenvalue weighted by atomic mass is 10.2. The Morgan fingerprint density at radius 2 is 2.05 bits per heavy atom. The van der Waals surface area contributed by atoms with Gasteiger partial charge in [-0.2, -0.15) is 0 Å². The second-order valence-electron chi connectivity index (χ2n) is 5.13. The van der Waals surface area contributed by atoms with E-state index in [2.05, 4.69) is 11.4 Å². The van der Waals surface area contributed by atoms with Gasteiger partial charge in [0.2, 0.25) is 0 Å². The first-order chi connectivity index (χ1) is 9.29. The molecule has 0 aromatic rings. The molecular formula is C14H27N2O3P. The molecule has 0 aliphatic heterocycles. The third kappa shape index (κ3) is 9.08. The molecule has 0 bridgehead atoms. The van der Waals surface area contributed by atoms with Gasteiger partial charge in [-0.15, -0.1) is 0 Å². The van der Waals surface area contributed by atoms with E-state index in [9.17, 15) is 9.36 Å². The molecule has 0 radical (unpaired) electrons. The number of unbranched alkanes of at least 4 members (excludes halogenated alkanes) is 1. The summed E-state index contributed by atoms with van der Waals surface area (Å²) in [5, 5.41) is 12.5.